The van der Waals surface area contributed by atoms with Gasteiger partial charge in [-0.1, -0.05) is 24.3 Å². The number of hydrogen-bond acceptors (Lipinski definition) is 6. The third-order valence-electron chi connectivity index (χ3n) is 4.71. The second-order valence-corrected chi connectivity index (χ2v) is 8.22. The number of ether oxygens (including phenoxy) is 2. The van der Waals surface area contributed by atoms with Crippen LogP contribution in [-0.2, 0) is 16.0 Å². The smallest absolute Gasteiger partial charge is 0.482 e. The number of nitrogens with one attached hydrogen (secondary N) is 1. The van der Waals surface area contributed by atoms with Crippen LogP contribution >= 0.6 is 11.3 Å². The minimum absolute atomic E-state index is 0.0716. The van der Waals surface area contributed by atoms with Crippen LogP contribution in [0.15, 0.2) is 54.7 Å². The van der Waals surface area contributed by atoms with Gasteiger partial charge in [-0.2, -0.15) is 0 Å². The first-order valence-electron chi connectivity index (χ1n) is 9.88. The zero-order valence-electron chi connectivity index (χ0n) is 17.1. The summed E-state index contributed by atoms with van der Waals surface area (Å²) in [5.74, 6) is -0.198. The van der Waals surface area contributed by atoms with Crippen molar-refractivity contribution in [3.63, 3.8) is 0 Å². The van der Waals surface area contributed by atoms with E-state index >= 15 is 0 Å². The standard InChI is InChI=1S/C22H18F3N3O4S/c23-22(24,25)32-15-7-5-14(6-8-15)11-16-12-26-21(33-16)27-19(29)9-10-28-17-3-1-2-4-18(17)31-13-20(28)30/h1-8,12H,9-11,13H2,(H,26,27,29). The van der Waals surface area contributed by atoms with Crippen LogP contribution < -0.4 is 19.7 Å². The number of benzene rings is 2. The first-order valence-corrected chi connectivity index (χ1v) is 10.7. The van der Waals surface area contributed by atoms with Crippen LogP contribution in [0, 0.1) is 0 Å². The summed E-state index contributed by atoms with van der Waals surface area (Å²) < 4.78 is 46.0. The lowest BCUT2D eigenvalue weighted by Gasteiger charge is -2.29. The number of aromatic nitrogens is 1. The molecule has 0 fully saturated rings. The van der Waals surface area contributed by atoms with Crippen molar-refractivity contribution in [2.24, 2.45) is 0 Å². The summed E-state index contributed by atoms with van der Waals surface area (Å²) in [5.41, 5.74) is 1.40. The summed E-state index contributed by atoms with van der Waals surface area (Å²) in [6, 6.07) is 12.7. The maximum Gasteiger partial charge on any atom is 0.573 e. The van der Waals surface area contributed by atoms with Crippen molar-refractivity contribution in [1.29, 1.82) is 0 Å². The highest BCUT2D eigenvalue weighted by atomic mass is 32.1. The molecule has 0 atom stereocenters. The Bertz CT molecular complexity index is 1150. The zero-order valence-corrected chi connectivity index (χ0v) is 17.9. The van der Waals surface area contributed by atoms with E-state index in [0.29, 0.717) is 23.0 Å². The summed E-state index contributed by atoms with van der Waals surface area (Å²) >= 11 is 1.27. The number of carbonyl (C=O) groups excluding carboxylic acids is 2. The van der Waals surface area contributed by atoms with Crippen LogP contribution in [-0.4, -0.2) is 36.3 Å². The fraction of sp³-hybridized carbons (Fsp3) is 0.227. The second kappa shape index (κ2) is 9.49. The minimum Gasteiger partial charge on any atom is -0.482 e. The zero-order chi connectivity index (χ0) is 23.4. The van der Waals surface area contributed by atoms with Crippen molar-refractivity contribution in [2.45, 2.75) is 19.2 Å². The van der Waals surface area contributed by atoms with Gasteiger partial charge < -0.3 is 19.7 Å². The highest BCUT2D eigenvalue weighted by Gasteiger charge is 2.31. The number of hydrogen-bond donors (Lipinski definition) is 1. The lowest BCUT2D eigenvalue weighted by atomic mass is 10.1. The van der Waals surface area contributed by atoms with E-state index in [9.17, 15) is 22.8 Å². The van der Waals surface area contributed by atoms with Crippen molar-refractivity contribution in [2.75, 3.05) is 23.4 Å². The van der Waals surface area contributed by atoms with E-state index in [1.807, 2.05) is 6.07 Å². The highest BCUT2D eigenvalue weighted by Crippen LogP contribution is 2.31. The van der Waals surface area contributed by atoms with Gasteiger partial charge in [-0.3, -0.25) is 9.59 Å². The predicted molar refractivity (Wildman–Crippen MR) is 116 cm³/mol. The molecule has 1 aliphatic rings. The van der Waals surface area contributed by atoms with Crippen LogP contribution in [0.4, 0.5) is 24.0 Å². The van der Waals surface area contributed by atoms with Gasteiger partial charge in [0.05, 0.1) is 5.69 Å². The molecule has 2 aromatic carbocycles. The van der Waals surface area contributed by atoms with Gasteiger partial charge in [0.15, 0.2) is 11.7 Å². The summed E-state index contributed by atoms with van der Waals surface area (Å²) in [4.78, 5) is 31.1. The molecule has 2 heterocycles. The van der Waals surface area contributed by atoms with Crippen molar-refractivity contribution < 1.29 is 32.2 Å². The molecule has 1 aromatic heterocycles. The lowest BCUT2D eigenvalue weighted by molar-refractivity contribution is -0.274. The normalized spacial score (nSPS) is 13.3. The Morgan fingerprint density at radius 1 is 1.18 bits per heavy atom. The van der Waals surface area contributed by atoms with Gasteiger partial charge in [-0.05, 0) is 29.8 Å². The number of anilines is 2. The van der Waals surface area contributed by atoms with Crippen LogP contribution in [0.2, 0.25) is 0 Å². The highest BCUT2D eigenvalue weighted by molar-refractivity contribution is 7.15. The molecule has 0 saturated heterocycles. The van der Waals surface area contributed by atoms with E-state index in [2.05, 4.69) is 15.0 Å². The molecule has 4 rings (SSSR count). The Kier molecular flexibility index (Phi) is 6.50. The molecule has 0 unspecified atom stereocenters. The maximum atomic E-state index is 12.4. The van der Waals surface area contributed by atoms with E-state index < -0.39 is 6.36 Å². The molecule has 0 aliphatic carbocycles. The van der Waals surface area contributed by atoms with Gasteiger partial charge >= 0.3 is 6.36 Å². The quantitative estimate of drug-likeness (QED) is 0.546. The average Bonchev–Trinajstić information content (AvgIpc) is 3.20. The first-order chi connectivity index (χ1) is 15.8. The molecule has 11 heteroatoms. The van der Waals surface area contributed by atoms with Crippen molar-refractivity contribution >= 4 is 34.0 Å². The van der Waals surface area contributed by atoms with E-state index in [0.717, 1.165) is 10.4 Å². The average molecular weight is 477 g/mol. The summed E-state index contributed by atoms with van der Waals surface area (Å²) in [6.07, 6.45) is -2.61. The number of fused-ring (bicyclic) bond motifs is 1. The molecule has 7 nitrogen and oxygen atoms in total. The Morgan fingerprint density at radius 2 is 1.94 bits per heavy atom. The van der Waals surface area contributed by atoms with Crippen LogP contribution in [0.3, 0.4) is 0 Å². The molecule has 1 aliphatic heterocycles. The van der Waals surface area contributed by atoms with Crippen molar-refractivity contribution in [3.8, 4) is 11.5 Å². The van der Waals surface area contributed by atoms with Gasteiger partial charge in [0.25, 0.3) is 5.91 Å². The Hall–Kier alpha value is -3.60. The Morgan fingerprint density at radius 3 is 2.70 bits per heavy atom. The van der Waals surface area contributed by atoms with E-state index in [1.165, 1.54) is 40.5 Å². The largest absolute Gasteiger partial charge is 0.573 e. The number of alkyl halides is 3. The molecule has 33 heavy (non-hydrogen) atoms. The second-order valence-electron chi connectivity index (χ2n) is 7.10. The molecule has 172 valence electrons. The van der Waals surface area contributed by atoms with Gasteiger partial charge in [0, 0.05) is 30.5 Å². The minimum atomic E-state index is -4.73. The summed E-state index contributed by atoms with van der Waals surface area (Å²) in [5, 5.41) is 3.12. The predicted octanol–water partition coefficient (Wildman–Crippen LogP) is 4.39. The number of para-hydroxylation sites is 2. The summed E-state index contributed by atoms with van der Waals surface area (Å²) in [6.45, 7) is 0.132. The maximum absolute atomic E-state index is 12.4. The van der Waals surface area contributed by atoms with E-state index in [4.69, 9.17) is 4.74 Å². The number of nitrogens with zero attached hydrogens (tertiary/aromatic N) is 2. The molecule has 0 radical (unpaired) electrons. The number of halogens is 3. The first kappa shape index (κ1) is 22.6. The molecular formula is C22H18F3N3O4S. The SMILES string of the molecule is O=C(CCN1C(=O)COc2ccccc21)Nc1ncc(Cc2ccc(OC(F)(F)F)cc2)s1. The van der Waals surface area contributed by atoms with Crippen LogP contribution in [0.5, 0.6) is 11.5 Å². The third kappa shape index (κ3) is 6.01. The monoisotopic (exact) mass is 477 g/mol. The van der Waals surface area contributed by atoms with Gasteiger partial charge in [0.1, 0.15) is 11.5 Å². The van der Waals surface area contributed by atoms with Crippen molar-refractivity contribution in [3.05, 3.63) is 65.2 Å². The molecular weight excluding hydrogens is 459 g/mol. The van der Waals surface area contributed by atoms with Crippen molar-refractivity contribution in [1.82, 2.24) is 4.98 Å². The van der Waals surface area contributed by atoms with Crippen LogP contribution in [0.1, 0.15) is 16.9 Å². The lowest BCUT2D eigenvalue weighted by Crippen LogP contribution is -2.40. The number of carbonyl (C=O) groups is 2. The number of amides is 2. The summed E-state index contributed by atoms with van der Waals surface area (Å²) in [7, 11) is 0. The molecule has 0 spiro atoms. The topological polar surface area (TPSA) is 80.8 Å². The van der Waals surface area contributed by atoms with Crippen LogP contribution in [0.25, 0.3) is 0 Å². The molecule has 3 aromatic rings. The Labute approximate surface area is 190 Å². The number of thiazole rings is 1. The molecule has 0 saturated carbocycles. The fourth-order valence-corrected chi connectivity index (χ4v) is 4.11. The van der Waals surface area contributed by atoms with E-state index in [-0.39, 0.29) is 37.1 Å². The van der Waals surface area contributed by atoms with Gasteiger partial charge in [-0.25, -0.2) is 4.98 Å². The fourth-order valence-electron chi connectivity index (χ4n) is 3.25. The molecule has 0 bridgehead atoms. The molecule has 2 amide bonds. The third-order valence-corrected chi connectivity index (χ3v) is 5.62. The number of rotatable bonds is 7. The molecule has 1 N–H and O–H groups in total. The van der Waals surface area contributed by atoms with Gasteiger partial charge in [0.2, 0.25) is 5.91 Å². The van der Waals surface area contributed by atoms with Gasteiger partial charge in [-0.15, -0.1) is 24.5 Å². The van der Waals surface area contributed by atoms with E-state index in [1.54, 1.807) is 24.4 Å². The Balaban J connectivity index is 1.30.